The standard InChI is InChI=1S/C5H8BF5N.K/c7-5(8)1-2-12(3-5)4-6(9,10)11;/h1-4H2;/q-1;+1. The monoisotopic (exact) mass is 227 g/mol. The van der Waals surface area contributed by atoms with Crippen molar-refractivity contribution in [3.8, 4) is 0 Å². The summed E-state index contributed by atoms with van der Waals surface area (Å²) in [6.07, 6.45) is -1.63. The van der Waals surface area contributed by atoms with Crippen LogP contribution in [-0.4, -0.2) is 37.3 Å². The second kappa shape index (κ2) is 4.89. The first-order valence-corrected chi connectivity index (χ1v) is 3.60. The molecule has 0 unspecified atom stereocenters. The van der Waals surface area contributed by atoms with E-state index in [-0.39, 0.29) is 57.9 Å². The summed E-state index contributed by atoms with van der Waals surface area (Å²) in [6.45, 7) is -5.88. The molecule has 0 amide bonds. The fraction of sp³-hybridized carbons (Fsp3) is 1.00. The minimum Gasteiger partial charge on any atom is -0.448 e. The second-order valence-corrected chi connectivity index (χ2v) is 3.05. The van der Waals surface area contributed by atoms with Crippen LogP contribution in [0.5, 0.6) is 0 Å². The van der Waals surface area contributed by atoms with E-state index < -0.39 is 32.3 Å². The van der Waals surface area contributed by atoms with Crippen molar-refractivity contribution < 1.29 is 73.1 Å². The van der Waals surface area contributed by atoms with Crippen LogP contribution >= 0.6 is 0 Å². The molecule has 1 rings (SSSR count). The molecule has 1 aliphatic heterocycles. The molecule has 0 aromatic heterocycles. The summed E-state index contributed by atoms with van der Waals surface area (Å²) < 4.78 is 59.9. The molecule has 0 radical (unpaired) electrons. The normalized spacial score (nSPS) is 22.8. The van der Waals surface area contributed by atoms with E-state index in [1.165, 1.54) is 0 Å². The fourth-order valence-corrected chi connectivity index (χ4v) is 1.26. The Morgan fingerprint density at radius 3 is 2.08 bits per heavy atom. The minimum absolute atomic E-state index is 0. The summed E-state index contributed by atoms with van der Waals surface area (Å²) in [4.78, 5) is 0.750. The van der Waals surface area contributed by atoms with Gasteiger partial charge in [-0.15, -0.1) is 0 Å². The van der Waals surface area contributed by atoms with E-state index in [4.69, 9.17) is 0 Å². The molecule has 1 aliphatic rings. The third-order valence-electron chi connectivity index (χ3n) is 1.71. The van der Waals surface area contributed by atoms with Crippen molar-refractivity contribution in [2.45, 2.75) is 12.3 Å². The molecule has 1 fully saturated rings. The fourth-order valence-electron chi connectivity index (χ4n) is 1.26. The van der Waals surface area contributed by atoms with Crippen molar-refractivity contribution >= 4 is 6.98 Å². The van der Waals surface area contributed by atoms with Crippen LogP contribution in [0.3, 0.4) is 0 Å². The average molecular weight is 227 g/mol. The second-order valence-electron chi connectivity index (χ2n) is 3.05. The van der Waals surface area contributed by atoms with Gasteiger partial charge in [0.25, 0.3) is 5.92 Å². The molecule has 72 valence electrons. The summed E-state index contributed by atoms with van der Waals surface area (Å²) in [5.74, 6) is -2.93. The van der Waals surface area contributed by atoms with Gasteiger partial charge in [0.2, 0.25) is 0 Å². The first-order valence-electron chi connectivity index (χ1n) is 3.60. The minimum atomic E-state index is -4.97. The van der Waals surface area contributed by atoms with E-state index in [2.05, 4.69) is 0 Å². The van der Waals surface area contributed by atoms with Crippen LogP contribution in [0, 0.1) is 0 Å². The summed E-state index contributed by atoms with van der Waals surface area (Å²) in [5.41, 5.74) is 0. The van der Waals surface area contributed by atoms with Gasteiger partial charge < -0.3 is 17.8 Å². The van der Waals surface area contributed by atoms with Crippen molar-refractivity contribution in [3.63, 3.8) is 0 Å². The quantitative estimate of drug-likeness (QED) is 0.419. The molecular weight excluding hydrogens is 219 g/mol. The molecule has 1 heterocycles. The van der Waals surface area contributed by atoms with E-state index in [0.29, 0.717) is 0 Å². The molecule has 1 saturated heterocycles. The van der Waals surface area contributed by atoms with Gasteiger partial charge in [-0.3, -0.25) is 0 Å². The van der Waals surface area contributed by atoms with Crippen LogP contribution in [0.2, 0.25) is 0 Å². The molecule has 13 heavy (non-hydrogen) atoms. The van der Waals surface area contributed by atoms with Crippen molar-refractivity contribution in [3.05, 3.63) is 0 Å². The molecule has 0 aromatic carbocycles. The maximum absolute atomic E-state index is 12.4. The van der Waals surface area contributed by atoms with Gasteiger partial charge in [0, 0.05) is 13.0 Å². The molecule has 0 saturated carbocycles. The predicted octanol–water partition coefficient (Wildman–Crippen LogP) is -1.28. The molecule has 0 aromatic rings. The van der Waals surface area contributed by atoms with Gasteiger partial charge in [0.1, 0.15) is 0 Å². The summed E-state index contributed by atoms with van der Waals surface area (Å²) in [7, 11) is 0. The van der Waals surface area contributed by atoms with Gasteiger partial charge in [-0.1, -0.05) is 0 Å². The topological polar surface area (TPSA) is 3.24 Å². The molecule has 0 bridgehead atoms. The Kier molecular flexibility index (Phi) is 5.38. The smallest absolute Gasteiger partial charge is 0.448 e. The van der Waals surface area contributed by atoms with Gasteiger partial charge in [0.15, 0.2) is 0 Å². The Bertz CT molecular complexity index is 173. The summed E-state index contributed by atoms with van der Waals surface area (Å²) in [6, 6.07) is 0. The number of hydrogen-bond donors (Lipinski definition) is 0. The number of alkyl halides is 2. The Balaban J connectivity index is 0.00000144. The Labute approximate surface area is 116 Å². The number of hydrogen-bond acceptors (Lipinski definition) is 1. The summed E-state index contributed by atoms with van der Waals surface area (Å²) >= 11 is 0. The van der Waals surface area contributed by atoms with Gasteiger partial charge in [-0.2, -0.15) is 0 Å². The zero-order chi connectivity index (χ0) is 9.41. The largest absolute Gasteiger partial charge is 1.00 e. The SMILES string of the molecule is F[B-](F)(F)CN1CCC(F)(F)C1.[K+]. The van der Waals surface area contributed by atoms with E-state index in [1.807, 2.05) is 0 Å². The molecule has 8 heteroatoms. The van der Waals surface area contributed by atoms with E-state index in [1.54, 1.807) is 0 Å². The van der Waals surface area contributed by atoms with Crippen LogP contribution < -0.4 is 51.4 Å². The van der Waals surface area contributed by atoms with Crippen LogP contribution in [0.25, 0.3) is 0 Å². The van der Waals surface area contributed by atoms with Gasteiger partial charge in [-0.25, -0.2) is 8.78 Å². The van der Waals surface area contributed by atoms with Crippen LogP contribution in [0.1, 0.15) is 6.42 Å². The van der Waals surface area contributed by atoms with Crippen LogP contribution in [-0.2, 0) is 0 Å². The Hall–Kier alpha value is 1.31. The molecule has 1 nitrogen and oxygen atoms in total. The molecular formula is C5H8BF5KN. The average Bonchev–Trinajstić information content (AvgIpc) is 2.05. The number of halogens is 5. The van der Waals surface area contributed by atoms with Crippen molar-refractivity contribution in [1.29, 1.82) is 0 Å². The maximum atomic E-state index is 12.4. The Morgan fingerprint density at radius 1 is 1.23 bits per heavy atom. The Morgan fingerprint density at radius 2 is 1.77 bits per heavy atom. The predicted molar refractivity (Wildman–Crippen MR) is 35.1 cm³/mol. The van der Waals surface area contributed by atoms with E-state index in [0.717, 1.165) is 4.90 Å². The van der Waals surface area contributed by atoms with Crippen molar-refractivity contribution in [1.82, 2.24) is 4.90 Å². The molecule has 0 aliphatic carbocycles. The van der Waals surface area contributed by atoms with Gasteiger partial charge in [-0.05, 0) is 6.44 Å². The maximum Gasteiger partial charge on any atom is 1.00 e. The molecule has 0 N–H and O–H groups in total. The third kappa shape index (κ3) is 5.68. The number of likely N-dealkylation sites (tertiary alicyclic amines) is 1. The first-order chi connectivity index (χ1) is 5.29. The number of rotatable bonds is 2. The van der Waals surface area contributed by atoms with Crippen LogP contribution in [0.15, 0.2) is 0 Å². The van der Waals surface area contributed by atoms with Gasteiger partial charge in [0.05, 0.1) is 6.54 Å². The molecule has 0 spiro atoms. The first kappa shape index (κ1) is 14.3. The zero-order valence-corrected chi connectivity index (χ0v) is 10.4. The molecule has 0 atom stereocenters. The van der Waals surface area contributed by atoms with Crippen LogP contribution in [0.4, 0.5) is 21.7 Å². The third-order valence-corrected chi connectivity index (χ3v) is 1.71. The van der Waals surface area contributed by atoms with E-state index in [9.17, 15) is 21.7 Å². The zero-order valence-electron chi connectivity index (χ0n) is 7.24. The number of nitrogens with zero attached hydrogens (tertiary/aromatic N) is 1. The van der Waals surface area contributed by atoms with Gasteiger partial charge >= 0.3 is 58.4 Å². The van der Waals surface area contributed by atoms with E-state index >= 15 is 0 Å². The summed E-state index contributed by atoms with van der Waals surface area (Å²) in [5, 5.41) is 0. The van der Waals surface area contributed by atoms with Crippen molar-refractivity contribution in [2.75, 3.05) is 19.5 Å². The van der Waals surface area contributed by atoms with Crippen molar-refractivity contribution in [2.24, 2.45) is 0 Å².